The highest BCUT2D eigenvalue weighted by Crippen LogP contribution is 2.23. The third kappa shape index (κ3) is 3.66. The van der Waals surface area contributed by atoms with Crippen LogP contribution in [0.3, 0.4) is 0 Å². The lowest BCUT2D eigenvalue weighted by molar-refractivity contribution is 0.0721. The number of rotatable bonds is 4. The molecule has 0 amide bonds. The first-order valence-electron chi connectivity index (χ1n) is 4.88. The number of hydrogen-bond donors (Lipinski definition) is 2. The zero-order valence-electron chi connectivity index (χ0n) is 8.20. The molecule has 1 aliphatic carbocycles. The van der Waals surface area contributed by atoms with Gasteiger partial charge >= 0.3 is 5.76 Å². The van der Waals surface area contributed by atoms with Crippen molar-refractivity contribution in [3.8, 4) is 0 Å². The molecular weight excluding hydrogens is 228 g/mol. The van der Waals surface area contributed by atoms with E-state index in [1.807, 2.05) is 4.72 Å². The summed E-state index contributed by atoms with van der Waals surface area (Å²) in [6, 6.07) is 0. The molecule has 15 heavy (non-hydrogen) atoms. The van der Waals surface area contributed by atoms with Gasteiger partial charge in [0.25, 0.3) is 10.0 Å². The summed E-state index contributed by atoms with van der Waals surface area (Å²) < 4.78 is 47.2. The summed E-state index contributed by atoms with van der Waals surface area (Å²) in [5, 5.41) is 9.48. The SMILES string of the molecule is O=S(=O)(NCC1CCCCC1O)C(F)F. The number of alkyl halides is 2. The van der Waals surface area contributed by atoms with Crippen LogP contribution in [0.5, 0.6) is 0 Å². The van der Waals surface area contributed by atoms with Crippen molar-refractivity contribution in [3.63, 3.8) is 0 Å². The van der Waals surface area contributed by atoms with Gasteiger partial charge in [-0.15, -0.1) is 0 Å². The van der Waals surface area contributed by atoms with Crippen LogP contribution in [0.25, 0.3) is 0 Å². The molecular formula is C8H15F2NO3S. The number of hydrogen-bond acceptors (Lipinski definition) is 3. The lowest BCUT2D eigenvalue weighted by Gasteiger charge is -2.27. The van der Waals surface area contributed by atoms with Gasteiger partial charge in [-0.1, -0.05) is 12.8 Å². The van der Waals surface area contributed by atoms with Crippen molar-refractivity contribution in [1.29, 1.82) is 0 Å². The van der Waals surface area contributed by atoms with Crippen LogP contribution in [0.15, 0.2) is 0 Å². The molecule has 1 fully saturated rings. The Balaban J connectivity index is 2.42. The molecule has 0 heterocycles. The maximum Gasteiger partial charge on any atom is 0.350 e. The molecule has 0 spiro atoms. The van der Waals surface area contributed by atoms with E-state index < -0.39 is 21.9 Å². The summed E-state index contributed by atoms with van der Waals surface area (Å²) in [6.07, 6.45) is 2.50. The standard InChI is InChI=1S/C8H15F2NO3S/c9-8(10)15(13,14)11-5-6-3-1-2-4-7(6)12/h6-8,11-12H,1-5H2. The topological polar surface area (TPSA) is 66.4 Å². The Labute approximate surface area is 87.7 Å². The van der Waals surface area contributed by atoms with Gasteiger partial charge in [0.05, 0.1) is 6.10 Å². The second kappa shape index (κ2) is 5.18. The van der Waals surface area contributed by atoms with Gasteiger partial charge < -0.3 is 5.11 Å². The van der Waals surface area contributed by atoms with Gasteiger partial charge in [0.1, 0.15) is 0 Å². The highest BCUT2D eigenvalue weighted by molar-refractivity contribution is 7.89. The van der Waals surface area contributed by atoms with E-state index in [9.17, 15) is 22.3 Å². The van der Waals surface area contributed by atoms with Crippen LogP contribution in [0.2, 0.25) is 0 Å². The van der Waals surface area contributed by atoms with E-state index in [0.29, 0.717) is 12.8 Å². The third-order valence-electron chi connectivity index (χ3n) is 2.65. The van der Waals surface area contributed by atoms with Crippen LogP contribution in [0, 0.1) is 5.92 Å². The van der Waals surface area contributed by atoms with E-state index in [4.69, 9.17) is 0 Å². The van der Waals surface area contributed by atoms with Crippen molar-refractivity contribution in [3.05, 3.63) is 0 Å². The van der Waals surface area contributed by atoms with E-state index in [1.54, 1.807) is 0 Å². The normalized spacial score (nSPS) is 28.3. The Kier molecular flexibility index (Phi) is 4.42. The minimum absolute atomic E-state index is 0.103. The molecule has 90 valence electrons. The van der Waals surface area contributed by atoms with Gasteiger partial charge in [0.15, 0.2) is 0 Å². The largest absolute Gasteiger partial charge is 0.393 e. The summed E-state index contributed by atoms with van der Waals surface area (Å²) in [6.45, 7) is -0.103. The number of sulfonamides is 1. The summed E-state index contributed by atoms with van der Waals surface area (Å²) >= 11 is 0. The number of nitrogens with one attached hydrogen (secondary N) is 1. The fourth-order valence-electron chi connectivity index (χ4n) is 1.71. The molecule has 2 atom stereocenters. The summed E-state index contributed by atoms with van der Waals surface area (Å²) in [5.41, 5.74) is 0. The minimum Gasteiger partial charge on any atom is -0.393 e. The second-order valence-corrected chi connectivity index (χ2v) is 5.50. The Bertz CT molecular complexity index is 294. The molecule has 4 nitrogen and oxygen atoms in total. The average Bonchev–Trinajstić information content (AvgIpc) is 2.16. The van der Waals surface area contributed by atoms with Crippen LogP contribution >= 0.6 is 0 Å². The fourth-order valence-corrected chi connectivity index (χ4v) is 2.28. The molecule has 0 aliphatic heterocycles. The first kappa shape index (κ1) is 12.8. The monoisotopic (exact) mass is 243 g/mol. The lowest BCUT2D eigenvalue weighted by Crippen LogP contribution is -2.38. The van der Waals surface area contributed by atoms with Crippen molar-refractivity contribution in [2.75, 3.05) is 6.54 Å². The van der Waals surface area contributed by atoms with Crippen LogP contribution in [0.1, 0.15) is 25.7 Å². The first-order chi connectivity index (χ1) is 6.93. The van der Waals surface area contributed by atoms with E-state index in [-0.39, 0.29) is 12.5 Å². The minimum atomic E-state index is -4.52. The van der Waals surface area contributed by atoms with Crippen LogP contribution in [-0.2, 0) is 10.0 Å². The van der Waals surface area contributed by atoms with E-state index in [1.165, 1.54) is 0 Å². The molecule has 2 N–H and O–H groups in total. The summed E-state index contributed by atoms with van der Waals surface area (Å²) in [5.74, 6) is -3.65. The summed E-state index contributed by atoms with van der Waals surface area (Å²) in [7, 11) is -4.52. The fraction of sp³-hybridized carbons (Fsp3) is 1.00. The Hall–Kier alpha value is -0.270. The smallest absolute Gasteiger partial charge is 0.350 e. The molecule has 1 rings (SSSR count). The Morgan fingerprint density at radius 3 is 2.47 bits per heavy atom. The molecule has 7 heteroatoms. The third-order valence-corrected chi connectivity index (χ3v) is 3.69. The Morgan fingerprint density at radius 1 is 1.33 bits per heavy atom. The van der Waals surface area contributed by atoms with E-state index in [2.05, 4.69) is 0 Å². The summed E-state index contributed by atoms with van der Waals surface area (Å²) in [4.78, 5) is 0. The molecule has 2 unspecified atom stereocenters. The van der Waals surface area contributed by atoms with Gasteiger partial charge in [0.2, 0.25) is 0 Å². The van der Waals surface area contributed by atoms with Gasteiger partial charge in [-0.2, -0.15) is 8.78 Å². The average molecular weight is 243 g/mol. The number of aliphatic hydroxyl groups excluding tert-OH is 1. The maximum absolute atomic E-state index is 12.0. The van der Waals surface area contributed by atoms with Crippen molar-refractivity contribution in [2.24, 2.45) is 5.92 Å². The highest BCUT2D eigenvalue weighted by atomic mass is 32.2. The Morgan fingerprint density at radius 2 is 1.93 bits per heavy atom. The molecule has 0 aromatic rings. The van der Waals surface area contributed by atoms with Crippen molar-refractivity contribution >= 4 is 10.0 Å². The van der Waals surface area contributed by atoms with Crippen LogP contribution in [0.4, 0.5) is 8.78 Å². The zero-order valence-corrected chi connectivity index (χ0v) is 9.01. The predicted octanol–water partition coefficient (Wildman–Crippen LogP) is 0.679. The van der Waals surface area contributed by atoms with E-state index >= 15 is 0 Å². The zero-order chi connectivity index (χ0) is 11.5. The molecule has 0 aromatic heterocycles. The highest BCUT2D eigenvalue weighted by Gasteiger charge is 2.28. The van der Waals surface area contributed by atoms with Crippen molar-refractivity contribution < 1.29 is 22.3 Å². The number of aliphatic hydroxyl groups is 1. The molecule has 0 radical (unpaired) electrons. The van der Waals surface area contributed by atoms with Gasteiger partial charge in [0, 0.05) is 6.54 Å². The molecule has 1 aliphatic rings. The van der Waals surface area contributed by atoms with Gasteiger partial charge in [-0.05, 0) is 18.8 Å². The van der Waals surface area contributed by atoms with E-state index in [0.717, 1.165) is 12.8 Å². The van der Waals surface area contributed by atoms with Crippen LogP contribution in [-0.4, -0.2) is 31.9 Å². The maximum atomic E-state index is 12.0. The molecule has 0 bridgehead atoms. The molecule has 1 saturated carbocycles. The van der Waals surface area contributed by atoms with Crippen molar-refractivity contribution in [1.82, 2.24) is 4.72 Å². The molecule has 0 aromatic carbocycles. The van der Waals surface area contributed by atoms with Crippen LogP contribution < -0.4 is 4.72 Å². The van der Waals surface area contributed by atoms with Gasteiger partial charge in [-0.25, -0.2) is 13.1 Å². The lowest BCUT2D eigenvalue weighted by atomic mass is 9.87. The number of halogens is 2. The first-order valence-corrected chi connectivity index (χ1v) is 6.43. The quantitative estimate of drug-likeness (QED) is 0.763. The van der Waals surface area contributed by atoms with Crippen molar-refractivity contribution in [2.45, 2.75) is 37.5 Å². The molecule has 0 saturated heterocycles. The van der Waals surface area contributed by atoms with Gasteiger partial charge in [-0.3, -0.25) is 0 Å². The predicted molar refractivity (Wildman–Crippen MR) is 50.9 cm³/mol. The second-order valence-electron chi connectivity index (χ2n) is 3.77.